The molecule has 110 valence electrons. The van der Waals surface area contributed by atoms with Gasteiger partial charge >= 0.3 is 0 Å². The first-order chi connectivity index (χ1) is 9.97. The summed E-state index contributed by atoms with van der Waals surface area (Å²) in [5.41, 5.74) is 0.355. The van der Waals surface area contributed by atoms with Gasteiger partial charge in [0.05, 0.1) is 16.6 Å². The molecule has 0 aliphatic heterocycles. The van der Waals surface area contributed by atoms with Crippen LogP contribution < -0.4 is 5.11 Å². The van der Waals surface area contributed by atoms with Crippen molar-refractivity contribution in [2.75, 3.05) is 0 Å². The van der Waals surface area contributed by atoms with Crippen molar-refractivity contribution < 1.29 is 19.2 Å². The van der Waals surface area contributed by atoms with Crippen LogP contribution in [0.3, 0.4) is 0 Å². The zero-order chi connectivity index (χ0) is 15.4. The molecule has 0 unspecified atom stereocenters. The minimum absolute atomic E-state index is 0.0767. The Hall–Kier alpha value is -2.42. The molecule has 0 bridgehead atoms. The maximum Gasteiger partial charge on any atom is 0.270 e. The van der Waals surface area contributed by atoms with Gasteiger partial charge in [-0.25, -0.2) is 0 Å². The second-order valence-electron chi connectivity index (χ2n) is 4.08. The van der Waals surface area contributed by atoms with Gasteiger partial charge in [0.1, 0.15) is 0 Å². The summed E-state index contributed by atoms with van der Waals surface area (Å²) in [6.45, 7) is 1.50. The predicted molar refractivity (Wildman–Crippen MR) is 72.2 cm³/mol. The van der Waals surface area contributed by atoms with Crippen molar-refractivity contribution in [1.82, 2.24) is 10.2 Å². The zero-order valence-corrected chi connectivity index (χ0v) is 11.7. The molecular weight excluding hydrogens is 298 g/mol. The maximum absolute atomic E-state index is 10.7. The lowest BCUT2D eigenvalue weighted by Gasteiger charge is -2.09. The molecule has 21 heavy (non-hydrogen) atoms. The Balaban J connectivity index is 2.11. The van der Waals surface area contributed by atoms with Crippen LogP contribution in [-0.4, -0.2) is 26.3 Å². The third-order valence-corrected chi connectivity index (χ3v) is 3.67. The fourth-order valence-electron chi connectivity index (χ4n) is 1.45. The van der Waals surface area contributed by atoms with Crippen LogP contribution in [0.1, 0.15) is 12.8 Å². The van der Waals surface area contributed by atoms with E-state index in [0.717, 1.165) is 11.8 Å². The van der Waals surface area contributed by atoms with Gasteiger partial charge in [-0.15, -0.1) is 22.0 Å². The quantitative estimate of drug-likeness (QED) is 0.572. The largest absolute Gasteiger partial charge is 0.549 e. The molecule has 2 rings (SSSR count). The van der Waals surface area contributed by atoms with Crippen molar-refractivity contribution >= 4 is 23.4 Å². The van der Waals surface area contributed by atoms with Crippen LogP contribution in [-0.2, 0) is 10.5 Å². The van der Waals surface area contributed by atoms with E-state index in [-0.39, 0.29) is 23.2 Å². The summed E-state index contributed by atoms with van der Waals surface area (Å²) in [7, 11) is 0. The van der Waals surface area contributed by atoms with E-state index in [1.807, 2.05) is 0 Å². The SMILES string of the molecule is C[C@H](SCc1nnc(-c2cccc([N+](=O)[O-])c2)o1)C(=O)[O-]. The smallest absolute Gasteiger partial charge is 0.270 e. The Bertz CT molecular complexity index is 672. The average molecular weight is 308 g/mol. The number of nitrogens with zero attached hydrogens (tertiary/aromatic N) is 3. The van der Waals surface area contributed by atoms with Crippen molar-refractivity contribution in [2.45, 2.75) is 17.9 Å². The molecule has 0 radical (unpaired) electrons. The van der Waals surface area contributed by atoms with Crippen molar-refractivity contribution in [1.29, 1.82) is 0 Å². The number of carboxylic acid groups (broad SMARTS) is 1. The van der Waals surface area contributed by atoms with Gasteiger partial charge in [0.15, 0.2) is 0 Å². The van der Waals surface area contributed by atoms with E-state index >= 15 is 0 Å². The molecule has 1 aromatic carbocycles. The van der Waals surface area contributed by atoms with Gasteiger partial charge < -0.3 is 14.3 Å². The molecule has 0 aliphatic rings. The molecule has 0 saturated heterocycles. The highest BCUT2D eigenvalue weighted by atomic mass is 32.2. The summed E-state index contributed by atoms with van der Waals surface area (Å²) in [5, 5.41) is 28.2. The third-order valence-electron chi connectivity index (χ3n) is 2.56. The number of hydrogen-bond donors (Lipinski definition) is 0. The topological polar surface area (TPSA) is 122 Å². The van der Waals surface area contributed by atoms with Crippen LogP contribution >= 0.6 is 11.8 Å². The first kappa shape index (κ1) is 15.0. The van der Waals surface area contributed by atoms with Crippen LogP contribution in [0, 0.1) is 10.1 Å². The molecule has 0 N–H and O–H groups in total. The number of carboxylic acids is 1. The third kappa shape index (κ3) is 3.78. The van der Waals surface area contributed by atoms with Crippen LogP contribution in [0.5, 0.6) is 0 Å². The number of aromatic nitrogens is 2. The van der Waals surface area contributed by atoms with Gasteiger partial charge in [-0.05, 0) is 13.0 Å². The van der Waals surface area contributed by atoms with Gasteiger partial charge in [0.25, 0.3) is 5.69 Å². The Kier molecular flexibility index (Phi) is 4.53. The van der Waals surface area contributed by atoms with Crippen molar-refractivity contribution in [3.05, 3.63) is 40.3 Å². The van der Waals surface area contributed by atoms with Crippen LogP contribution in [0.2, 0.25) is 0 Å². The van der Waals surface area contributed by atoms with Crippen molar-refractivity contribution in [2.24, 2.45) is 0 Å². The number of thioether (sulfide) groups is 1. The molecule has 8 nitrogen and oxygen atoms in total. The van der Waals surface area contributed by atoms with E-state index in [0.29, 0.717) is 5.56 Å². The van der Waals surface area contributed by atoms with E-state index in [4.69, 9.17) is 4.42 Å². The molecule has 0 aliphatic carbocycles. The first-order valence-electron chi connectivity index (χ1n) is 5.87. The zero-order valence-electron chi connectivity index (χ0n) is 10.9. The maximum atomic E-state index is 10.7. The molecule has 1 heterocycles. The number of nitro groups is 1. The van der Waals surface area contributed by atoms with E-state index in [1.165, 1.54) is 25.1 Å². The number of rotatable bonds is 6. The van der Waals surface area contributed by atoms with Gasteiger partial charge in [-0.3, -0.25) is 10.1 Å². The average Bonchev–Trinajstić information content (AvgIpc) is 2.93. The van der Waals surface area contributed by atoms with Crippen molar-refractivity contribution in [3.63, 3.8) is 0 Å². The Morgan fingerprint density at radius 2 is 2.24 bits per heavy atom. The predicted octanol–water partition coefficient (Wildman–Crippen LogP) is 1.02. The number of benzene rings is 1. The molecular formula is C12H10N3O5S-. The monoisotopic (exact) mass is 308 g/mol. The Morgan fingerprint density at radius 3 is 2.90 bits per heavy atom. The summed E-state index contributed by atoms with van der Waals surface area (Å²) in [4.78, 5) is 20.8. The van der Waals surface area contributed by atoms with E-state index in [1.54, 1.807) is 6.07 Å². The number of carbonyl (C=O) groups excluding carboxylic acids is 1. The molecule has 0 fully saturated rings. The van der Waals surface area contributed by atoms with Crippen LogP contribution in [0.25, 0.3) is 11.5 Å². The summed E-state index contributed by atoms with van der Waals surface area (Å²) >= 11 is 1.09. The molecule has 2 aromatic rings. The lowest BCUT2D eigenvalue weighted by Crippen LogP contribution is -2.31. The highest BCUT2D eigenvalue weighted by Gasteiger charge is 2.13. The van der Waals surface area contributed by atoms with E-state index < -0.39 is 16.1 Å². The standard InChI is InChI=1S/C12H11N3O5S/c1-7(12(16)17)21-6-10-13-14-11(20-10)8-3-2-4-9(5-8)15(18)19/h2-5,7H,6H2,1H3,(H,16,17)/p-1/t7-/m0/s1. The Labute approximate surface area is 123 Å². The molecule has 0 saturated carbocycles. The van der Waals surface area contributed by atoms with Crippen LogP contribution in [0.15, 0.2) is 28.7 Å². The highest BCUT2D eigenvalue weighted by Crippen LogP contribution is 2.24. The second kappa shape index (κ2) is 6.35. The number of non-ortho nitro benzene ring substituents is 1. The summed E-state index contributed by atoms with van der Waals surface area (Å²) in [6.07, 6.45) is 0. The van der Waals surface area contributed by atoms with Gasteiger partial charge in [-0.1, -0.05) is 6.07 Å². The molecule has 0 amide bonds. The first-order valence-corrected chi connectivity index (χ1v) is 6.92. The lowest BCUT2D eigenvalue weighted by atomic mass is 10.2. The highest BCUT2D eigenvalue weighted by molar-refractivity contribution is 7.99. The lowest BCUT2D eigenvalue weighted by molar-refractivity contribution is -0.384. The van der Waals surface area contributed by atoms with Crippen molar-refractivity contribution in [3.8, 4) is 11.5 Å². The molecule has 1 atom stereocenters. The van der Waals surface area contributed by atoms with E-state index in [9.17, 15) is 20.0 Å². The second-order valence-corrected chi connectivity index (χ2v) is 5.41. The fraction of sp³-hybridized carbons (Fsp3) is 0.250. The normalized spacial score (nSPS) is 12.0. The fourth-order valence-corrected chi connectivity index (χ4v) is 2.09. The number of nitro benzene ring substituents is 1. The van der Waals surface area contributed by atoms with Gasteiger partial charge in [0.2, 0.25) is 11.8 Å². The number of carbonyl (C=O) groups is 1. The summed E-state index contributed by atoms with van der Waals surface area (Å²) in [5.74, 6) is -0.555. The summed E-state index contributed by atoms with van der Waals surface area (Å²) in [6, 6.07) is 5.82. The molecule has 1 aromatic heterocycles. The van der Waals surface area contributed by atoms with Gasteiger partial charge in [-0.2, -0.15) is 0 Å². The summed E-state index contributed by atoms with van der Waals surface area (Å²) < 4.78 is 5.36. The number of aliphatic carboxylic acids is 1. The van der Waals surface area contributed by atoms with E-state index in [2.05, 4.69) is 10.2 Å². The Morgan fingerprint density at radius 1 is 1.48 bits per heavy atom. The molecule has 9 heteroatoms. The minimum Gasteiger partial charge on any atom is -0.549 e. The van der Waals surface area contributed by atoms with Crippen LogP contribution in [0.4, 0.5) is 5.69 Å². The molecule has 0 spiro atoms. The number of hydrogen-bond acceptors (Lipinski definition) is 8. The van der Waals surface area contributed by atoms with Gasteiger partial charge in [0, 0.05) is 22.9 Å². The minimum atomic E-state index is -1.17.